The van der Waals surface area contributed by atoms with Crippen LogP contribution in [-0.2, 0) is 10.4 Å². The van der Waals surface area contributed by atoms with Crippen LogP contribution in [0.3, 0.4) is 0 Å². The zero-order valence-corrected chi connectivity index (χ0v) is 13.8. The third-order valence-electron chi connectivity index (χ3n) is 3.89. The van der Waals surface area contributed by atoms with Crippen LogP contribution in [0.15, 0.2) is 4.42 Å². The Hall–Kier alpha value is -1.71. The molecule has 0 amide bonds. The topological polar surface area (TPSA) is 93.9 Å². The summed E-state index contributed by atoms with van der Waals surface area (Å²) >= 11 is 6.16. The smallest absolute Gasteiger partial charge is 0.423 e. The second kappa shape index (κ2) is 5.15. The lowest BCUT2D eigenvalue weighted by Gasteiger charge is -2.18. The zero-order chi connectivity index (χ0) is 16.2. The van der Waals surface area contributed by atoms with Crippen molar-refractivity contribution in [3.63, 3.8) is 0 Å². The molecule has 2 bridgehead atoms. The lowest BCUT2D eigenvalue weighted by Crippen LogP contribution is -2.27. The largest absolute Gasteiger partial charge is 0.501 e. The molecule has 3 heterocycles. The molecule has 0 saturated carbocycles. The summed E-state index contributed by atoms with van der Waals surface area (Å²) in [6, 6.07) is 0.421. The predicted molar refractivity (Wildman–Crippen MR) is 83.6 cm³/mol. The summed E-state index contributed by atoms with van der Waals surface area (Å²) in [5, 5.41) is 3.38. The van der Waals surface area contributed by atoms with Crippen LogP contribution in [0.25, 0.3) is 11.1 Å². The molecule has 4 rings (SSSR count). The third kappa shape index (κ3) is 2.39. The fraction of sp³-hybridized carbons (Fsp3) is 0.462. The van der Waals surface area contributed by atoms with Gasteiger partial charge in [-0.25, -0.2) is 0 Å². The molecule has 2 aliphatic heterocycles. The van der Waals surface area contributed by atoms with E-state index in [-0.39, 0.29) is 22.0 Å². The van der Waals surface area contributed by atoms with Gasteiger partial charge in [0.15, 0.2) is 22.6 Å². The molecule has 8 nitrogen and oxygen atoms in total. The third-order valence-corrected chi connectivity index (χ3v) is 4.98. The number of aromatic nitrogens is 1. The molecule has 1 aromatic carbocycles. The molecule has 1 aromatic heterocycles. The first-order chi connectivity index (χ1) is 11.0. The Morgan fingerprint density at radius 2 is 2.00 bits per heavy atom. The van der Waals surface area contributed by atoms with Crippen LogP contribution in [-0.4, -0.2) is 39.6 Å². The first kappa shape index (κ1) is 14.9. The van der Waals surface area contributed by atoms with E-state index in [1.54, 1.807) is 6.92 Å². The van der Waals surface area contributed by atoms with Crippen molar-refractivity contribution in [2.75, 3.05) is 31.1 Å². The minimum atomic E-state index is -4.18. The van der Waals surface area contributed by atoms with Gasteiger partial charge in [0, 0.05) is 25.2 Å². The number of hydrogen-bond donors (Lipinski definition) is 1. The number of oxazole rings is 1. The van der Waals surface area contributed by atoms with Crippen molar-refractivity contribution >= 4 is 39.1 Å². The van der Waals surface area contributed by atoms with E-state index >= 15 is 0 Å². The number of fused-ring (bicyclic) bond motifs is 4. The van der Waals surface area contributed by atoms with Gasteiger partial charge in [0.25, 0.3) is 6.01 Å². The summed E-state index contributed by atoms with van der Waals surface area (Å²) in [5.74, 6) is -0.0166. The number of hydrogen-bond acceptors (Lipinski definition) is 8. The number of nitrogens with zero attached hydrogens (tertiary/aromatic N) is 2. The zero-order valence-electron chi connectivity index (χ0n) is 12.3. The van der Waals surface area contributed by atoms with E-state index in [4.69, 9.17) is 24.4 Å². The number of aryl methyl sites for hydroxylation is 1. The summed E-state index contributed by atoms with van der Waals surface area (Å²) in [6.45, 7) is 4.98. The van der Waals surface area contributed by atoms with Gasteiger partial charge in [-0.2, -0.15) is 4.98 Å². The van der Waals surface area contributed by atoms with Crippen molar-refractivity contribution in [1.82, 2.24) is 10.3 Å². The molecule has 10 heteroatoms. The summed E-state index contributed by atoms with van der Waals surface area (Å²) in [5.41, 5.74) is 1.18. The number of anilines is 1. The molecule has 124 valence electrons. The molecule has 2 aromatic rings. The average molecular weight is 360 g/mol. The van der Waals surface area contributed by atoms with Crippen LogP contribution >= 0.6 is 11.6 Å². The number of nitrogens with one attached hydrogen (secondary N) is 1. The van der Waals surface area contributed by atoms with Crippen LogP contribution in [0.1, 0.15) is 12.0 Å². The molecule has 0 spiro atoms. The highest BCUT2D eigenvalue weighted by Gasteiger charge is 2.35. The van der Waals surface area contributed by atoms with E-state index in [0.717, 1.165) is 32.6 Å². The minimum Gasteiger partial charge on any atom is -0.423 e. The molecule has 0 atom stereocenters. The van der Waals surface area contributed by atoms with Crippen LogP contribution in [0.2, 0.25) is 5.02 Å². The molecule has 1 fully saturated rings. The van der Waals surface area contributed by atoms with Gasteiger partial charge in [-0.05, 0) is 19.9 Å². The standard InChI is InChI=1S/C13H14ClN3O5S/c1-7-10-8(14)12(22-23(18,19)21-10)9-11(7)20-13(16-9)17-5-2-3-15-4-6-17/h15H,2-6H2,1H3. The lowest BCUT2D eigenvalue weighted by molar-refractivity contribution is 0.379. The van der Waals surface area contributed by atoms with Crippen molar-refractivity contribution < 1.29 is 21.2 Å². The lowest BCUT2D eigenvalue weighted by atomic mass is 10.2. The van der Waals surface area contributed by atoms with Crippen molar-refractivity contribution in [3.8, 4) is 11.5 Å². The Morgan fingerprint density at radius 1 is 1.22 bits per heavy atom. The van der Waals surface area contributed by atoms with E-state index < -0.39 is 10.4 Å². The molecule has 1 N–H and O–H groups in total. The van der Waals surface area contributed by atoms with Crippen LogP contribution in [0.5, 0.6) is 11.5 Å². The predicted octanol–water partition coefficient (Wildman–Crippen LogP) is 1.61. The summed E-state index contributed by atoms with van der Waals surface area (Å²) < 4.78 is 38.9. The Morgan fingerprint density at radius 3 is 2.83 bits per heavy atom. The maximum Gasteiger partial charge on any atom is 0.501 e. The van der Waals surface area contributed by atoms with Crippen molar-refractivity contribution in [1.29, 1.82) is 0 Å². The normalized spacial score (nSPS) is 20.0. The maximum atomic E-state index is 11.7. The van der Waals surface area contributed by atoms with E-state index in [0.29, 0.717) is 17.2 Å². The van der Waals surface area contributed by atoms with Gasteiger partial charge in [0.05, 0.1) is 0 Å². The average Bonchev–Trinajstić information content (AvgIpc) is 2.75. The number of halogens is 1. The highest BCUT2D eigenvalue weighted by atomic mass is 35.5. The van der Waals surface area contributed by atoms with Gasteiger partial charge in [0.2, 0.25) is 0 Å². The second-order valence-corrected chi connectivity index (χ2v) is 6.96. The van der Waals surface area contributed by atoms with Crippen LogP contribution in [0.4, 0.5) is 6.01 Å². The van der Waals surface area contributed by atoms with E-state index in [9.17, 15) is 8.42 Å². The highest BCUT2D eigenvalue weighted by molar-refractivity contribution is 7.82. The first-order valence-electron chi connectivity index (χ1n) is 7.18. The van der Waals surface area contributed by atoms with Gasteiger partial charge in [-0.1, -0.05) is 11.6 Å². The Bertz CT molecular complexity index is 887. The summed E-state index contributed by atoms with van der Waals surface area (Å²) in [4.78, 5) is 6.42. The van der Waals surface area contributed by atoms with Gasteiger partial charge in [-0.15, -0.1) is 8.42 Å². The number of benzene rings is 1. The van der Waals surface area contributed by atoms with Crippen LogP contribution in [0, 0.1) is 6.92 Å². The fourth-order valence-electron chi connectivity index (χ4n) is 2.76. The SMILES string of the molecule is Cc1c2c(Cl)c(c3nc(N4CCCNCC4)oc13)OS(=O)(=O)O2. The quantitative estimate of drug-likeness (QED) is 0.820. The maximum absolute atomic E-state index is 11.7. The fourth-order valence-corrected chi connectivity index (χ4v) is 3.97. The molecule has 1 saturated heterocycles. The monoisotopic (exact) mass is 359 g/mol. The first-order valence-corrected chi connectivity index (χ1v) is 8.89. The molecule has 0 unspecified atom stereocenters. The molecule has 0 radical (unpaired) electrons. The van der Waals surface area contributed by atoms with Gasteiger partial charge < -0.3 is 23.0 Å². The molecule has 0 aliphatic carbocycles. The van der Waals surface area contributed by atoms with E-state index in [2.05, 4.69) is 10.3 Å². The van der Waals surface area contributed by atoms with Gasteiger partial charge in [-0.3, -0.25) is 0 Å². The molecule has 2 aliphatic rings. The van der Waals surface area contributed by atoms with Crippen molar-refractivity contribution in [2.45, 2.75) is 13.3 Å². The van der Waals surface area contributed by atoms with Gasteiger partial charge >= 0.3 is 10.4 Å². The highest BCUT2D eigenvalue weighted by Crippen LogP contribution is 2.48. The van der Waals surface area contributed by atoms with Crippen LogP contribution < -0.4 is 18.6 Å². The van der Waals surface area contributed by atoms with Gasteiger partial charge in [0.1, 0.15) is 5.02 Å². The molecular weight excluding hydrogens is 346 g/mol. The molecular formula is C13H14ClN3O5S. The Labute approximate surface area is 137 Å². The van der Waals surface area contributed by atoms with E-state index in [1.807, 2.05) is 4.90 Å². The Kier molecular flexibility index (Phi) is 3.33. The van der Waals surface area contributed by atoms with Crippen molar-refractivity contribution in [2.24, 2.45) is 0 Å². The number of rotatable bonds is 1. The molecule has 23 heavy (non-hydrogen) atoms. The minimum absolute atomic E-state index is 0.0284. The van der Waals surface area contributed by atoms with Crippen molar-refractivity contribution in [3.05, 3.63) is 10.6 Å². The summed E-state index contributed by atoms with van der Waals surface area (Å²) in [6.07, 6.45) is 0.963. The second-order valence-electron chi connectivity index (χ2n) is 5.44. The Balaban J connectivity index is 1.88. The van der Waals surface area contributed by atoms with E-state index in [1.165, 1.54) is 0 Å². The summed E-state index contributed by atoms with van der Waals surface area (Å²) in [7, 11) is -4.18.